The van der Waals surface area contributed by atoms with Crippen LogP contribution in [0.4, 0.5) is 0 Å². The molecule has 1 aromatic rings. The van der Waals surface area contributed by atoms with E-state index in [0.717, 1.165) is 38.8 Å². The van der Waals surface area contributed by atoms with Crippen LogP contribution in [0.2, 0.25) is 0 Å². The summed E-state index contributed by atoms with van der Waals surface area (Å²) in [5, 5.41) is 0. The molecule has 3 heterocycles. The summed E-state index contributed by atoms with van der Waals surface area (Å²) in [4.78, 5) is 9.27. The molecule has 3 rings (SSSR count). The normalized spacial score (nSPS) is 24.4. The van der Waals surface area contributed by atoms with Crippen LogP contribution < -0.4 is 0 Å². The third-order valence-electron chi connectivity index (χ3n) is 4.76. The molecule has 0 aliphatic carbocycles. The molecular weight excluding hydrogens is 264 g/mol. The van der Waals surface area contributed by atoms with Gasteiger partial charge in [0.05, 0.1) is 12.0 Å². The van der Waals surface area contributed by atoms with Crippen molar-refractivity contribution in [2.75, 3.05) is 46.9 Å². The first kappa shape index (κ1) is 15.0. The van der Waals surface area contributed by atoms with Crippen molar-refractivity contribution < 1.29 is 4.74 Å². The highest BCUT2D eigenvalue weighted by atomic mass is 16.5. The minimum atomic E-state index is 0.568. The first-order chi connectivity index (χ1) is 10.2. The summed E-state index contributed by atoms with van der Waals surface area (Å²) in [7, 11) is 4.30. The quantitative estimate of drug-likeness (QED) is 0.826. The van der Waals surface area contributed by atoms with E-state index < -0.39 is 0 Å². The van der Waals surface area contributed by atoms with E-state index >= 15 is 0 Å². The number of imidazole rings is 1. The Morgan fingerprint density at radius 1 is 1.33 bits per heavy atom. The van der Waals surface area contributed by atoms with Crippen LogP contribution in [-0.4, -0.2) is 66.3 Å². The molecule has 21 heavy (non-hydrogen) atoms. The lowest BCUT2D eigenvalue weighted by Gasteiger charge is -2.37. The molecule has 5 nitrogen and oxygen atoms in total. The lowest BCUT2D eigenvalue weighted by molar-refractivity contribution is 0.0449. The van der Waals surface area contributed by atoms with E-state index in [-0.39, 0.29) is 0 Å². The van der Waals surface area contributed by atoms with Crippen LogP contribution in [0.3, 0.4) is 0 Å². The fourth-order valence-electron chi connectivity index (χ4n) is 3.53. The molecule has 0 unspecified atom stereocenters. The van der Waals surface area contributed by atoms with Gasteiger partial charge in [0, 0.05) is 45.1 Å². The van der Waals surface area contributed by atoms with E-state index in [9.17, 15) is 0 Å². The van der Waals surface area contributed by atoms with Gasteiger partial charge in [0.25, 0.3) is 0 Å². The van der Waals surface area contributed by atoms with E-state index in [1.165, 1.54) is 31.5 Å². The van der Waals surface area contributed by atoms with Gasteiger partial charge in [0.2, 0.25) is 0 Å². The molecular formula is C16H28N4O. The second-order valence-electron chi connectivity index (χ2n) is 6.79. The van der Waals surface area contributed by atoms with Crippen LogP contribution in [-0.2, 0) is 11.3 Å². The summed E-state index contributed by atoms with van der Waals surface area (Å²) in [6.07, 6.45) is 7.69. The molecule has 1 fully saturated rings. The lowest BCUT2D eigenvalue weighted by Crippen LogP contribution is -2.41. The van der Waals surface area contributed by atoms with Crippen molar-refractivity contribution in [1.29, 1.82) is 0 Å². The number of fused-ring (bicyclic) bond motifs is 1. The van der Waals surface area contributed by atoms with Crippen molar-refractivity contribution in [3.05, 3.63) is 18.2 Å². The third-order valence-corrected chi connectivity index (χ3v) is 4.76. The van der Waals surface area contributed by atoms with Gasteiger partial charge >= 0.3 is 0 Å². The van der Waals surface area contributed by atoms with E-state index in [0.29, 0.717) is 6.04 Å². The van der Waals surface area contributed by atoms with Crippen molar-refractivity contribution in [2.24, 2.45) is 5.92 Å². The van der Waals surface area contributed by atoms with Gasteiger partial charge in [-0.3, -0.25) is 4.90 Å². The van der Waals surface area contributed by atoms with Gasteiger partial charge in [-0.2, -0.15) is 0 Å². The van der Waals surface area contributed by atoms with Gasteiger partial charge in [0.15, 0.2) is 0 Å². The molecule has 0 aromatic carbocycles. The summed E-state index contributed by atoms with van der Waals surface area (Å²) in [6.45, 7) is 6.45. The minimum absolute atomic E-state index is 0.568. The highest BCUT2D eigenvalue weighted by Gasteiger charge is 2.27. The molecule has 2 aliphatic rings. The van der Waals surface area contributed by atoms with Gasteiger partial charge < -0.3 is 14.2 Å². The summed E-state index contributed by atoms with van der Waals surface area (Å²) < 4.78 is 7.87. The van der Waals surface area contributed by atoms with Crippen LogP contribution >= 0.6 is 0 Å². The van der Waals surface area contributed by atoms with E-state index in [1.807, 2.05) is 12.5 Å². The molecule has 5 heteroatoms. The van der Waals surface area contributed by atoms with Crippen LogP contribution in [0, 0.1) is 5.92 Å². The first-order valence-corrected chi connectivity index (χ1v) is 8.18. The largest absolute Gasteiger partial charge is 0.381 e. The fourth-order valence-corrected chi connectivity index (χ4v) is 3.53. The summed E-state index contributed by atoms with van der Waals surface area (Å²) in [6, 6.07) is 0.568. The zero-order valence-electron chi connectivity index (χ0n) is 13.4. The zero-order valence-corrected chi connectivity index (χ0v) is 13.4. The van der Waals surface area contributed by atoms with Gasteiger partial charge in [0.1, 0.15) is 0 Å². The predicted molar refractivity (Wildman–Crippen MR) is 83.3 cm³/mol. The Balaban J connectivity index is 1.62. The summed E-state index contributed by atoms with van der Waals surface area (Å²) >= 11 is 0. The molecule has 118 valence electrons. The third kappa shape index (κ3) is 3.84. The number of aromatic nitrogens is 2. The number of hydrogen-bond acceptors (Lipinski definition) is 4. The van der Waals surface area contributed by atoms with Crippen LogP contribution in [0.5, 0.6) is 0 Å². The van der Waals surface area contributed by atoms with Crippen molar-refractivity contribution in [1.82, 2.24) is 19.4 Å². The highest BCUT2D eigenvalue weighted by Crippen LogP contribution is 2.26. The molecule has 1 atom stereocenters. The fraction of sp³-hybridized carbons (Fsp3) is 0.812. The zero-order chi connectivity index (χ0) is 14.7. The maximum atomic E-state index is 5.48. The molecule has 1 saturated heterocycles. The first-order valence-electron chi connectivity index (χ1n) is 8.18. The van der Waals surface area contributed by atoms with Gasteiger partial charge in [-0.05, 0) is 45.8 Å². The van der Waals surface area contributed by atoms with E-state index in [1.54, 1.807) is 0 Å². The molecule has 0 saturated carbocycles. The average Bonchev–Trinajstić information content (AvgIpc) is 2.94. The predicted octanol–water partition coefficient (Wildman–Crippen LogP) is 1.62. The van der Waals surface area contributed by atoms with Crippen LogP contribution in [0.25, 0.3) is 0 Å². The summed E-state index contributed by atoms with van der Waals surface area (Å²) in [5.41, 5.74) is 1.37. The van der Waals surface area contributed by atoms with Crippen molar-refractivity contribution in [3.8, 4) is 0 Å². The Kier molecular flexibility index (Phi) is 4.93. The van der Waals surface area contributed by atoms with Gasteiger partial charge in [-0.1, -0.05) is 0 Å². The molecule has 0 N–H and O–H groups in total. The number of rotatable bonds is 5. The summed E-state index contributed by atoms with van der Waals surface area (Å²) in [5.74, 6) is 0.808. The molecule has 2 aliphatic heterocycles. The number of hydrogen-bond donors (Lipinski definition) is 0. The van der Waals surface area contributed by atoms with Crippen LogP contribution in [0.1, 0.15) is 31.0 Å². The molecule has 1 aromatic heterocycles. The van der Waals surface area contributed by atoms with E-state index in [2.05, 4.69) is 33.4 Å². The Hall–Kier alpha value is -0.910. The molecule has 0 amide bonds. The van der Waals surface area contributed by atoms with Gasteiger partial charge in [-0.15, -0.1) is 0 Å². The van der Waals surface area contributed by atoms with Crippen molar-refractivity contribution in [2.45, 2.75) is 31.8 Å². The molecule has 0 bridgehead atoms. The molecule has 0 radical (unpaired) electrons. The Morgan fingerprint density at radius 3 is 2.90 bits per heavy atom. The maximum Gasteiger partial charge on any atom is 0.0951 e. The Labute approximate surface area is 127 Å². The monoisotopic (exact) mass is 292 g/mol. The second-order valence-corrected chi connectivity index (χ2v) is 6.79. The van der Waals surface area contributed by atoms with Crippen molar-refractivity contribution in [3.63, 3.8) is 0 Å². The van der Waals surface area contributed by atoms with Crippen LogP contribution in [0.15, 0.2) is 12.5 Å². The Morgan fingerprint density at radius 2 is 2.14 bits per heavy atom. The topological polar surface area (TPSA) is 33.5 Å². The smallest absolute Gasteiger partial charge is 0.0951 e. The lowest BCUT2D eigenvalue weighted by atomic mass is 9.98. The Bertz CT molecular complexity index is 439. The molecule has 0 spiro atoms. The number of nitrogens with zero attached hydrogens (tertiary/aromatic N) is 4. The SMILES string of the molecule is CN(C)CC[C@@H]1CN(CC2CCOCC2)Cc2cncn21. The van der Waals surface area contributed by atoms with Gasteiger partial charge in [-0.25, -0.2) is 4.98 Å². The standard InChI is InChI=1S/C16H28N4O/c1-18(2)6-3-15-11-19(10-14-4-7-21-8-5-14)12-16-9-17-13-20(15)16/h9,13-15H,3-8,10-12H2,1-2H3/t15-/m1/s1. The average molecular weight is 292 g/mol. The second kappa shape index (κ2) is 6.90. The van der Waals surface area contributed by atoms with E-state index in [4.69, 9.17) is 4.74 Å². The minimum Gasteiger partial charge on any atom is -0.381 e. The highest BCUT2D eigenvalue weighted by molar-refractivity contribution is 5.04. The maximum absolute atomic E-state index is 5.48. The van der Waals surface area contributed by atoms with Crippen molar-refractivity contribution >= 4 is 0 Å². The number of ether oxygens (including phenoxy) is 1.